The molecule has 0 aliphatic rings. The Morgan fingerprint density at radius 3 is 1.88 bits per heavy atom. The van der Waals surface area contributed by atoms with Gasteiger partial charge in [0.2, 0.25) is 11.5 Å². The lowest BCUT2D eigenvalue weighted by atomic mass is 10.1. The Balaban J connectivity index is 2.40. The first-order valence-electron chi connectivity index (χ1n) is 6.36. The van der Waals surface area contributed by atoms with Gasteiger partial charge in [-0.25, -0.2) is 9.59 Å². The summed E-state index contributed by atoms with van der Waals surface area (Å²) >= 11 is 0. The van der Waals surface area contributed by atoms with E-state index in [-0.39, 0.29) is 11.3 Å². The molecule has 2 aromatic carbocycles. The minimum Gasteiger partial charge on any atom is -0.504 e. The van der Waals surface area contributed by atoms with Crippen LogP contribution in [0.15, 0.2) is 24.3 Å². The van der Waals surface area contributed by atoms with E-state index in [0.29, 0.717) is 0 Å². The van der Waals surface area contributed by atoms with Gasteiger partial charge in [-0.05, 0) is 24.3 Å². The number of phenolic OH excluding ortho intramolecular Hbond substituents is 4. The van der Waals surface area contributed by atoms with Crippen molar-refractivity contribution in [3.05, 3.63) is 35.4 Å². The van der Waals surface area contributed by atoms with Crippen LogP contribution < -0.4 is 9.47 Å². The van der Waals surface area contributed by atoms with E-state index in [1.54, 1.807) is 0 Å². The fourth-order valence-corrected chi connectivity index (χ4v) is 1.82. The summed E-state index contributed by atoms with van der Waals surface area (Å²) in [6.07, 6.45) is 0. The van der Waals surface area contributed by atoms with Crippen molar-refractivity contribution in [2.75, 3.05) is 7.11 Å². The Morgan fingerprint density at radius 1 is 0.833 bits per heavy atom. The van der Waals surface area contributed by atoms with E-state index in [4.69, 9.17) is 14.6 Å². The molecule has 9 heteroatoms. The van der Waals surface area contributed by atoms with Gasteiger partial charge in [0, 0.05) is 0 Å². The van der Waals surface area contributed by atoms with E-state index >= 15 is 0 Å². The van der Waals surface area contributed by atoms with Crippen LogP contribution in [-0.2, 0) is 0 Å². The van der Waals surface area contributed by atoms with Gasteiger partial charge >= 0.3 is 11.9 Å². The first-order chi connectivity index (χ1) is 11.2. The second-order valence-corrected chi connectivity index (χ2v) is 4.58. The molecule has 0 bridgehead atoms. The molecular weight excluding hydrogens is 324 g/mol. The highest BCUT2D eigenvalue weighted by Gasteiger charge is 2.20. The van der Waals surface area contributed by atoms with Gasteiger partial charge in [-0.2, -0.15) is 0 Å². The largest absolute Gasteiger partial charge is 0.504 e. The third-order valence-electron chi connectivity index (χ3n) is 3.01. The number of carboxylic acid groups (broad SMARTS) is 1. The number of esters is 1. The quantitative estimate of drug-likeness (QED) is 0.317. The van der Waals surface area contributed by atoms with Gasteiger partial charge in [0.1, 0.15) is 0 Å². The molecule has 0 aliphatic heterocycles. The van der Waals surface area contributed by atoms with E-state index in [0.717, 1.165) is 24.3 Å². The molecular formula is C15H12O9. The molecule has 0 radical (unpaired) electrons. The van der Waals surface area contributed by atoms with E-state index < -0.39 is 46.2 Å². The molecule has 0 spiro atoms. The lowest BCUT2D eigenvalue weighted by molar-refractivity contribution is 0.0685. The monoisotopic (exact) mass is 336 g/mol. The number of rotatable bonds is 4. The highest BCUT2D eigenvalue weighted by Crippen LogP contribution is 2.39. The Morgan fingerprint density at radius 2 is 1.33 bits per heavy atom. The van der Waals surface area contributed by atoms with Crippen molar-refractivity contribution in [3.63, 3.8) is 0 Å². The molecule has 5 N–H and O–H groups in total. The summed E-state index contributed by atoms with van der Waals surface area (Å²) in [6, 6.07) is 3.57. The van der Waals surface area contributed by atoms with Crippen molar-refractivity contribution in [2.24, 2.45) is 0 Å². The molecule has 9 nitrogen and oxygen atoms in total. The second-order valence-electron chi connectivity index (χ2n) is 4.58. The smallest absolute Gasteiger partial charge is 0.343 e. The van der Waals surface area contributed by atoms with Crippen LogP contribution in [0.2, 0.25) is 0 Å². The molecule has 24 heavy (non-hydrogen) atoms. The van der Waals surface area contributed by atoms with Gasteiger partial charge in [-0.3, -0.25) is 0 Å². The summed E-state index contributed by atoms with van der Waals surface area (Å²) in [6.45, 7) is 0. The van der Waals surface area contributed by atoms with Crippen LogP contribution in [0.4, 0.5) is 0 Å². The predicted octanol–water partition coefficient (Wildman–Crippen LogP) is 1.43. The fourth-order valence-electron chi connectivity index (χ4n) is 1.82. The SMILES string of the molecule is COc1cc(C(=O)Oc2cc(C(=O)O)cc(O)c2O)cc(O)c1O. The topological polar surface area (TPSA) is 154 Å². The summed E-state index contributed by atoms with van der Waals surface area (Å²) < 4.78 is 9.61. The Labute approximate surface area is 134 Å². The first kappa shape index (κ1) is 16.7. The van der Waals surface area contributed by atoms with Crippen LogP contribution in [-0.4, -0.2) is 44.6 Å². The standard InChI is InChI=1S/C15H12O9/c1-23-10-5-7(3-9(17)12(10)18)15(22)24-11-4-6(14(20)21)2-8(16)13(11)19/h2-5,16-19H,1H3,(H,20,21). The molecule has 0 unspecified atom stereocenters. The van der Waals surface area contributed by atoms with E-state index in [9.17, 15) is 30.0 Å². The average molecular weight is 336 g/mol. The molecule has 0 atom stereocenters. The zero-order valence-corrected chi connectivity index (χ0v) is 12.2. The predicted molar refractivity (Wildman–Crippen MR) is 78.0 cm³/mol. The second kappa shape index (κ2) is 6.24. The number of methoxy groups -OCH3 is 1. The number of aromatic carboxylic acids is 1. The maximum Gasteiger partial charge on any atom is 0.343 e. The van der Waals surface area contributed by atoms with E-state index in [1.807, 2.05) is 0 Å². The Hall–Kier alpha value is -3.62. The summed E-state index contributed by atoms with van der Waals surface area (Å²) in [5, 5.41) is 47.1. The van der Waals surface area contributed by atoms with E-state index in [1.165, 1.54) is 7.11 Å². The number of hydrogen-bond acceptors (Lipinski definition) is 8. The molecule has 2 aromatic rings. The molecule has 0 saturated carbocycles. The summed E-state index contributed by atoms with van der Waals surface area (Å²) in [4.78, 5) is 23.0. The summed E-state index contributed by atoms with van der Waals surface area (Å²) in [7, 11) is 1.20. The molecule has 0 amide bonds. The van der Waals surface area contributed by atoms with Gasteiger partial charge < -0.3 is 35.0 Å². The van der Waals surface area contributed by atoms with Crippen LogP contribution in [0, 0.1) is 0 Å². The van der Waals surface area contributed by atoms with Crippen molar-refractivity contribution in [3.8, 4) is 34.5 Å². The number of benzene rings is 2. The first-order valence-corrected chi connectivity index (χ1v) is 6.36. The number of ether oxygens (including phenoxy) is 2. The molecule has 2 rings (SSSR count). The lowest BCUT2D eigenvalue weighted by Gasteiger charge is -2.11. The third-order valence-corrected chi connectivity index (χ3v) is 3.01. The molecule has 0 heterocycles. The van der Waals surface area contributed by atoms with Crippen molar-refractivity contribution < 1.29 is 44.6 Å². The van der Waals surface area contributed by atoms with Gasteiger partial charge in [-0.15, -0.1) is 0 Å². The number of hydrogen-bond donors (Lipinski definition) is 5. The minimum atomic E-state index is -1.41. The summed E-state index contributed by atoms with van der Waals surface area (Å²) in [5.41, 5.74) is -0.666. The number of phenols is 4. The number of carbonyl (C=O) groups excluding carboxylic acids is 1. The van der Waals surface area contributed by atoms with E-state index in [2.05, 4.69) is 0 Å². The third kappa shape index (κ3) is 3.09. The molecule has 126 valence electrons. The van der Waals surface area contributed by atoms with Crippen molar-refractivity contribution in [1.82, 2.24) is 0 Å². The van der Waals surface area contributed by atoms with Gasteiger partial charge in [0.05, 0.1) is 18.2 Å². The average Bonchev–Trinajstić information content (AvgIpc) is 2.53. The van der Waals surface area contributed by atoms with Gasteiger partial charge in [-0.1, -0.05) is 0 Å². The van der Waals surface area contributed by atoms with Gasteiger partial charge in [0.15, 0.2) is 23.0 Å². The normalized spacial score (nSPS) is 10.2. The number of carbonyl (C=O) groups is 2. The zero-order chi connectivity index (χ0) is 18.0. The lowest BCUT2D eigenvalue weighted by Crippen LogP contribution is -2.09. The highest BCUT2D eigenvalue weighted by molar-refractivity contribution is 5.94. The number of carboxylic acids is 1. The van der Waals surface area contributed by atoms with Crippen LogP contribution in [0.3, 0.4) is 0 Å². The van der Waals surface area contributed by atoms with Crippen LogP contribution in [0.5, 0.6) is 34.5 Å². The maximum absolute atomic E-state index is 12.1. The molecule has 0 aliphatic carbocycles. The molecule has 0 aromatic heterocycles. The summed E-state index contributed by atoms with van der Waals surface area (Å²) in [5.74, 6) is -6.15. The Bertz CT molecular complexity index is 826. The van der Waals surface area contributed by atoms with Gasteiger partial charge in [0.25, 0.3) is 0 Å². The highest BCUT2D eigenvalue weighted by atomic mass is 16.5. The zero-order valence-electron chi connectivity index (χ0n) is 12.2. The maximum atomic E-state index is 12.1. The molecule has 0 saturated heterocycles. The van der Waals surface area contributed by atoms with Crippen LogP contribution in [0.25, 0.3) is 0 Å². The van der Waals surface area contributed by atoms with Crippen LogP contribution >= 0.6 is 0 Å². The Kier molecular flexibility index (Phi) is 4.36. The number of aromatic hydroxyl groups is 4. The fraction of sp³-hybridized carbons (Fsp3) is 0.0667. The van der Waals surface area contributed by atoms with Crippen molar-refractivity contribution in [1.29, 1.82) is 0 Å². The van der Waals surface area contributed by atoms with Crippen molar-refractivity contribution >= 4 is 11.9 Å². The van der Waals surface area contributed by atoms with Crippen molar-refractivity contribution in [2.45, 2.75) is 0 Å². The minimum absolute atomic E-state index is 0.201. The molecule has 0 fully saturated rings. The van der Waals surface area contributed by atoms with Crippen LogP contribution in [0.1, 0.15) is 20.7 Å².